The van der Waals surface area contributed by atoms with Gasteiger partial charge in [0.1, 0.15) is 18.1 Å². The highest BCUT2D eigenvalue weighted by atomic mass is 32.1. The molecule has 1 aromatic carbocycles. The molecule has 32 heavy (non-hydrogen) atoms. The van der Waals surface area contributed by atoms with E-state index in [-0.39, 0.29) is 0 Å². The summed E-state index contributed by atoms with van der Waals surface area (Å²) in [5, 5.41) is 7.59. The van der Waals surface area contributed by atoms with E-state index in [9.17, 15) is 4.79 Å². The predicted octanol–water partition coefficient (Wildman–Crippen LogP) is 4.22. The maximum Gasteiger partial charge on any atom is 0.146 e. The standard InChI is InChI=1S/C24H25N5O2S/c1-15-23(32-16(2)26-15)20-13-17-7-8-25-21(14-30)22(17)24(28-20)27-18-3-5-19(6-4-18)29-9-11-31-12-10-29/h3-8,13-14,21,25H,9-12H2,1-2H3,(H,27,28). The monoisotopic (exact) mass is 447 g/mol. The Kier molecular flexibility index (Phi) is 5.63. The lowest BCUT2D eigenvalue weighted by Crippen LogP contribution is -2.36. The number of nitrogens with one attached hydrogen (secondary N) is 2. The lowest BCUT2D eigenvalue weighted by molar-refractivity contribution is -0.109. The Morgan fingerprint density at radius 2 is 1.97 bits per heavy atom. The number of rotatable bonds is 5. The van der Waals surface area contributed by atoms with Crippen LogP contribution in [0.3, 0.4) is 0 Å². The summed E-state index contributed by atoms with van der Waals surface area (Å²) in [4.78, 5) is 24.6. The summed E-state index contributed by atoms with van der Waals surface area (Å²) in [6.45, 7) is 7.32. The second kappa shape index (κ2) is 8.72. The quantitative estimate of drug-likeness (QED) is 0.567. The van der Waals surface area contributed by atoms with Crippen LogP contribution < -0.4 is 15.5 Å². The molecule has 2 N–H and O–H groups in total. The number of nitrogens with zero attached hydrogens (tertiary/aromatic N) is 3. The van der Waals surface area contributed by atoms with E-state index >= 15 is 0 Å². The third-order valence-electron chi connectivity index (χ3n) is 5.72. The summed E-state index contributed by atoms with van der Waals surface area (Å²) in [7, 11) is 0. The number of aryl methyl sites for hydroxylation is 2. The molecule has 7 nitrogen and oxygen atoms in total. The number of aldehydes is 1. The van der Waals surface area contributed by atoms with E-state index in [1.165, 1.54) is 5.69 Å². The summed E-state index contributed by atoms with van der Waals surface area (Å²) in [5.74, 6) is 0.677. The molecule has 8 heteroatoms. The smallest absolute Gasteiger partial charge is 0.146 e. The van der Waals surface area contributed by atoms with E-state index in [1.807, 2.05) is 32.2 Å². The highest BCUT2D eigenvalue weighted by molar-refractivity contribution is 7.15. The minimum absolute atomic E-state index is 0.448. The van der Waals surface area contributed by atoms with Gasteiger partial charge in [0.25, 0.3) is 0 Å². The predicted molar refractivity (Wildman–Crippen MR) is 129 cm³/mol. The van der Waals surface area contributed by atoms with Gasteiger partial charge in [0.05, 0.1) is 34.5 Å². The van der Waals surface area contributed by atoms with Crippen molar-refractivity contribution in [2.45, 2.75) is 19.9 Å². The molecule has 2 aliphatic heterocycles. The number of hydrogen-bond donors (Lipinski definition) is 2. The molecule has 4 heterocycles. The number of aromatic nitrogens is 2. The minimum Gasteiger partial charge on any atom is -0.378 e. The van der Waals surface area contributed by atoms with Gasteiger partial charge in [-0.25, -0.2) is 9.97 Å². The van der Waals surface area contributed by atoms with E-state index < -0.39 is 6.04 Å². The van der Waals surface area contributed by atoms with Crippen molar-refractivity contribution < 1.29 is 9.53 Å². The van der Waals surface area contributed by atoms with Crippen molar-refractivity contribution in [2.75, 3.05) is 36.5 Å². The van der Waals surface area contributed by atoms with E-state index in [2.05, 4.69) is 44.8 Å². The molecule has 1 fully saturated rings. The van der Waals surface area contributed by atoms with Gasteiger partial charge in [-0.1, -0.05) is 0 Å². The van der Waals surface area contributed by atoms with Crippen LogP contribution in [0.5, 0.6) is 0 Å². The van der Waals surface area contributed by atoms with Gasteiger partial charge >= 0.3 is 0 Å². The first kappa shape index (κ1) is 20.7. The van der Waals surface area contributed by atoms with Crippen LogP contribution in [0.4, 0.5) is 17.2 Å². The normalized spacial score (nSPS) is 17.6. The molecule has 3 aromatic rings. The van der Waals surface area contributed by atoms with Crippen LogP contribution in [-0.4, -0.2) is 42.6 Å². The molecule has 5 rings (SSSR count). The Bertz CT molecular complexity index is 1170. The van der Waals surface area contributed by atoms with E-state index in [1.54, 1.807) is 11.3 Å². The highest BCUT2D eigenvalue weighted by Crippen LogP contribution is 2.36. The molecule has 0 amide bonds. The van der Waals surface area contributed by atoms with Crippen LogP contribution in [0, 0.1) is 13.8 Å². The lowest BCUT2D eigenvalue weighted by Gasteiger charge is -2.29. The zero-order valence-electron chi connectivity index (χ0n) is 18.1. The Balaban J connectivity index is 1.52. The largest absolute Gasteiger partial charge is 0.378 e. The number of ether oxygens (including phenoxy) is 1. The minimum atomic E-state index is -0.448. The van der Waals surface area contributed by atoms with Gasteiger partial charge < -0.3 is 25.1 Å². The number of anilines is 3. The molecule has 1 unspecified atom stereocenters. The van der Waals surface area contributed by atoms with Gasteiger partial charge in [-0.2, -0.15) is 0 Å². The fourth-order valence-corrected chi connectivity index (χ4v) is 5.05. The number of benzene rings is 1. The zero-order chi connectivity index (χ0) is 22.1. The third-order valence-corrected chi connectivity index (χ3v) is 6.81. The Morgan fingerprint density at radius 1 is 1.19 bits per heavy atom. The first-order chi connectivity index (χ1) is 15.6. The number of pyridine rings is 1. The van der Waals surface area contributed by atoms with Gasteiger partial charge in [0.15, 0.2) is 0 Å². The summed E-state index contributed by atoms with van der Waals surface area (Å²) < 4.78 is 5.45. The maximum atomic E-state index is 11.8. The van der Waals surface area contributed by atoms with Crippen molar-refractivity contribution in [2.24, 2.45) is 0 Å². The van der Waals surface area contributed by atoms with Crippen molar-refractivity contribution in [3.8, 4) is 10.6 Å². The number of hydrogen-bond acceptors (Lipinski definition) is 8. The number of thiazole rings is 1. The van der Waals surface area contributed by atoms with Gasteiger partial charge in [0.2, 0.25) is 0 Å². The molecule has 0 bridgehead atoms. The molecule has 2 aliphatic rings. The van der Waals surface area contributed by atoms with Crippen LogP contribution in [0.1, 0.15) is 27.9 Å². The molecule has 0 aliphatic carbocycles. The van der Waals surface area contributed by atoms with Gasteiger partial charge in [-0.05, 0) is 62.0 Å². The van der Waals surface area contributed by atoms with Gasteiger partial charge in [-0.15, -0.1) is 11.3 Å². The molecule has 0 radical (unpaired) electrons. The van der Waals surface area contributed by atoms with Crippen LogP contribution >= 0.6 is 11.3 Å². The van der Waals surface area contributed by atoms with Gasteiger partial charge in [-0.3, -0.25) is 0 Å². The van der Waals surface area contributed by atoms with Crippen molar-refractivity contribution in [3.63, 3.8) is 0 Å². The topological polar surface area (TPSA) is 79.4 Å². The van der Waals surface area contributed by atoms with Crippen LogP contribution in [0.2, 0.25) is 0 Å². The van der Waals surface area contributed by atoms with Crippen molar-refractivity contribution in [3.05, 3.63) is 58.4 Å². The second-order valence-electron chi connectivity index (χ2n) is 7.89. The van der Waals surface area contributed by atoms with Crippen LogP contribution in [0.25, 0.3) is 16.6 Å². The van der Waals surface area contributed by atoms with E-state index in [0.717, 1.165) is 70.7 Å². The molecule has 1 saturated heterocycles. The number of carbonyl (C=O) groups excluding carboxylic acids is 1. The van der Waals surface area contributed by atoms with Crippen molar-refractivity contribution >= 4 is 40.9 Å². The summed E-state index contributed by atoms with van der Waals surface area (Å²) in [6.07, 6.45) is 4.71. The fourth-order valence-electron chi connectivity index (χ4n) is 4.17. The molecular formula is C24H25N5O2S. The maximum absolute atomic E-state index is 11.8. The zero-order valence-corrected chi connectivity index (χ0v) is 18.9. The molecule has 2 aromatic heterocycles. The first-order valence-corrected chi connectivity index (χ1v) is 11.5. The summed E-state index contributed by atoms with van der Waals surface area (Å²) in [6, 6.07) is 9.91. The average molecular weight is 448 g/mol. The molecule has 164 valence electrons. The summed E-state index contributed by atoms with van der Waals surface area (Å²) in [5.41, 5.74) is 5.74. The fraction of sp³-hybridized carbons (Fsp3) is 0.292. The van der Waals surface area contributed by atoms with Gasteiger partial charge in [0, 0.05) is 30.0 Å². The molecule has 0 spiro atoms. The Labute approximate surface area is 191 Å². The Hall–Kier alpha value is -3.23. The van der Waals surface area contributed by atoms with Crippen LogP contribution in [0.15, 0.2) is 36.5 Å². The highest BCUT2D eigenvalue weighted by Gasteiger charge is 2.24. The molecular weight excluding hydrogens is 422 g/mol. The average Bonchev–Trinajstić information content (AvgIpc) is 3.17. The van der Waals surface area contributed by atoms with Crippen LogP contribution in [-0.2, 0) is 9.53 Å². The second-order valence-corrected chi connectivity index (χ2v) is 9.09. The first-order valence-electron chi connectivity index (χ1n) is 10.7. The van der Waals surface area contributed by atoms with E-state index in [0.29, 0.717) is 5.82 Å². The lowest BCUT2D eigenvalue weighted by atomic mass is 9.98. The SMILES string of the molecule is Cc1nc(C)c(-c2cc3c(c(Nc4ccc(N5CCOCC5)cc4)n2)C(C=O)NC=C3)s1. The van der Waals surface area contributed by atoms with E-state index in [4.69, 9.17) is 9.72 Å². The molecule has 1 atom stereocenters. The van der Waals surface area contributed by atoms with Crippen molar-refractivity contribution in [1.82, 2.24) is 15.3 Å². The molecule has 0 saturated carbocycles. The number of carbonyl (C=O) groups is 1. The summed E-state index contributed by atoms with van der Waals surface area (Å²) >= 11 is 1.63. The number of morpholine rings is 1. The Morgan fingerprint density at radius 3 is 2.66 bits per heavy atom. The van der Waals surface area contributed by atoms with Crippen molar-refractivity contribution in [1.29, 1.82) is 0 Å². The number of fused-ring (bicyclic) bond motifs is 1. The third kappa shape index (κ3) is 3.99.